The fourth-order valence-electron chi connectivity index (χ4n) is 5.16. The number of fused-ring (bicyclic) bond motifs is 2. The Morgan fingerprint density at radius 2 is 2.03 bits per heavy atom. The van der Waals surface area contributed by atoms with Crippen LogP contribution in [0.15, 0.2) is 60.9 Å². The van der Waals surface area contributed by atoms with Gasteiger partial charge in [-0.1, -0.05) is 6.07 Å². The summed E-state index contributed by atoms with van der Waals surface area (Å²) in [7, 11) is 0. The van der Waals surface area contributed by atoms with Crippen molar-refractivity contribution < 1.29 is 24.2 Å². The third-order valence-corrected chi connectivity index (χ3v) is 7.23. The predicted molar refractivity (Wildman–Crippen MR) is 139 cm³/mol. The van der Waals surface area contributed by atoms with Crippen LogP contribution in [0.5, 0.6) is 5.75 Å². The molecule has 1 spiro atoms. The lowest BCUT2D eigenvalue weighted by atomic mass is 9.86. The van der Waals surface area contributed by atoms with Crippen LogP contribution < -0.4 is 15.4 Å². The number of carboxylic acids is 1. The van der Waals surface area contributed by atoms with Gasteiger partial charge >= 0.3 is 5.97 Å². The second-order valence-electron chi connectivity index (χ2n) is 9.64. The van der Waals surface area contributed by atoms with E-state index in [1.807, 2.05) is 0 Å². The van der Waals surface area contributed by atoms with Crippen LogP contribution in [0.2, 0.25) is 0 Å². The summed E-state index contributed by atoms with van der Waals surface area (Å²) in [6, 6.07) is 15.9. The number of anilines is 2. The number of amides is 2. The molecule has 9 nitrogen and oxygen atoms in total. The molecule has 2 heterocycles. The first-order valence-electron chi connectivity index (χ1n) is 12.4. The molecule has 1 fully saturated rings. The van der Waals surface area contributed by atoms with E-state index in [9.17, 15) is 19.6 Å². The number of aromatic nitrogens is 1. The zero-order chi connectivity index (χ0) is 26.7. The van der Waals surface area contributed by atoms with Crippen molar-refractivity contribution in [2.24, 2.45) is 5.92 Å². The first kappa shape index (κ1) is 25.0. The van der Waals surface area contributed by atoms with Crippen LogP contribution in [0.1, 0.15) is 52.7 Å². The lowest BCUT2D eigenvalue weighted by Gasteiger charge is -2.27. The van der Waals surface area contributed by atoms with Gasteiger partial charge in [0.1, 0.15) is 5.75 Å². The van der Waals surface area contributed by atoms with Crippen molar-refractivity contribution in [3.63, 3.8) is 0 Å². The highest BCUT2D eigenvalue weighted by molar-refractivity contribution is 6.04. The van der Waals surface area contributed by atoms with Gasteiger partial charge in [-0.05, 0) is 73.7 Å². The number of hydrogen-bond acceptors (Lipinski definition) is 6. The number of aryl methyl sites for hydroxylation is 1. The van der Waals surface area contributed by atoms with Gasteiger partial charge in [0.25, 0.3) is 5.91 Å². The standard InChI is InChI=1S/C29H26N4O5/c30-16-18-6-7-19(3-1-5-26(34)35)24(13-18)33-28(37)23-15-29(23)10-12-38-25-9-8-20(14-22(25)29)27(36)32-21-4-2-11-31-17-21/h2,4,6-9,11,13-14,17,23H,1,3,5,10,12,15H2,(H,32,36)(H,33,37)(H,34,35)/t23-,29-/m0/s1. The Kier molecular flexibility index (Phi) is 6.79. The van der Waals surface area contributed by atoms with E-state index in [4.69, 9.17) is 9.84 Å². The normalized spacial score (nSPS) is 19.0. The summed E-state index contributed by atoms with van der Waals surface area (Å²) in [4.78, 5) is 41.3. The summed E-state index contributed by atoms with van der Waals surface area (Å²) < 4.78 is 5.85. The van der Waals surface area contributed by atoms with Crippen molar-refractivity contribution in [3.8, 4) is 11.8 Å². The summed E-state index contributed by atoms with van der Waals surface area (Å²) in [5.41, 5.74) is 3.19. The average Bonchev–Trinajstić information content (AvgIpc) is 3.64. The number of nitriles is 1. The van der Waals surface area contributed by atoms with Crippen LogP contribution in [0.4, 0.5) is 11.4 Å². The van der Waals surface area contributed by atoms with Crippen molar-refractivity contribution in [3.05, 3.63) is 83.2 Å². The second-order valence-corrected chi connectivity index (χ2v) is 9.64. The smallest absolute Gasteiger partial charge is 0.303 e. The third kappa shape index (κ3) is 5.06. The molecule has 2 amide bonds. The summed E-state index contributed by atoms with van der Waals surface area (Å²) >= 11 is 0. The zero-order valence-corrected chi connectivity index (χ0v) is 20.6. The number of rotatable bonds is 8. The quantitative estimate of drug-likeness (QED) is 0.410. The van der Waals surface area contributed by atoms with E-state index >= 15 is 0 Å². The molecule has 38 heavy (non-hydrogen) atoms. The molecule has 1 saturated carbocycles. The van der Waals surface area contributed by atoms with Crippen LogP contribution in [0.25, 0.3) is 0 Å². The minimum atomic E-state index is -0.879. The van der Waals surface area contributed by atoms with Gasteiger partial charge in [0, 0.05) is 40.8 Å². The molecule has 0 saturated heterocycles. The van der Waals surface area contributed by atoms with E-state index in [-0.39, 0.29) is 24.2 Å². The highest BCUT2D eigenvalue weighted by Crippen LogP contribution is 2.61. The second kappa shape index (κ2) is 10.3. The Morgan fingerprint density at radius 3 is 2.79 bits per heavy atom. The fraction of sp³-hybridized carbons (Fsp3) is 0.276. The van der Waals surface area contributed by atoms with Crippen molar-refractivity contribution >= 4 is 29.2 Å². The van der Waals surface area contributed by atoms with Crippen LogP contribution in [0, 0.1) is 17.2 Å². The number of carboxylic acid groups (broad SMARTS) is 1. The first-order valence-corrected chi connectivity index (χ1v) is 12.4. The molecular formula is C29H26N4O5. The van der Waals surface area contributed by atoms with Gasteiger partial charge in [-0.3, -0.25) is 19.4 Å². The molecule has 0 unspecified atom stereocenters. The van der Waals surface area contributed by atoms with E-state index in [1.54, 1.807) is 60.9 Å². The molecular weight excluding hydrogens is 484 g/mol. The molecule has 192 valence electrons. The lowest BCUT2D eigenvalue weighted by molar-refractivity contribution is -0.137. The lowest BCUT2D eigenvalue weighted by Crippen LogP contribution is -2.27. The topological polar surface area (TPSA) is 141 Å². The van der Waals surface area contributed by atoms with E-state index in [0.29, 0.717) is 60.5 Å². The Labute approximate surface area is 219 Å². The Morgan fingerprint density at radius 1 is 1.16 bits per heavy atom. The SMILES string of the molecule is N#Cc1ccc(CCCC(=O)O)c(NC(=O)[C@@H]2C[C@]23CCOc2ccc(C(=O)Nc4cccnc4)cc23)c1. The fourth-order valence-corrected chi connectivity index (χ4v) is 5.16. The number of hydrogen-bond donors (Lipinski definition) is 3. The van der Waals surface area contributed by atoms with Gasteiger partial charge in [0.2, 0.25) is 5.91 Å². The van der Waals surface area contributed by atoms with Gasteiger partial charge < -0.3 is 20.5 Å². The molecule has 2 aliphatic rings. The van der Waals surface area contributed by atoms with E-state index in [1.165, 1.54) is 0 Å². The van der Waals surface area contributed by atoms with Crippen LogP contribution in [-0.4, -0.2) is 34.5 Å². The highest BCUT2D eigenvalue weighted by atomic mass is 16.5. The molecule has 1 aliphatic carbocycles. The molecule has 3 aromatic rings. The van der Waals surface area contributed by atoms with Gasteiger partial charge in [-0.25, -0.2) is 0 Å². The zero-order valence-electron chi connectivity index (χ0n) is 20.6. The van der Waals surface area contributed by atoms with E-state index in [0.717, 1.165) is 11.1 Å². The molecule has 1 aliphatic heterocycles. The van der Waals surface area contributed by atoms with Crippen LogP contribution in [-0.2, 0) is 21.4 Å². The van der Waals surface area contributed by atoms with Crippen molar-refractivity contribution in [1.82, 2.24) is 4.98 Å². The molecule has 0 radical (unpaired) electrons. The molecule has 1 aromatic heterocycles. The first-order chi connectivity index (χ1) is 18.4. The van der Waals surface area contributed by atoms with Crippen LogP contribution >= 0.6 is 0 Å². The van der Waals surface area contributed by atoms with Crippen molar-refractivity contribution in [2.75, 3.05) is 17.2 Å². The van der Waals surface area contributed by atoms with Gasteiger partial charge in [0.15, 0.2) is 0 Å². The molecule has 9 heteroatoms. The molecule has 2 aromatic carbocycles. The molecule has 0 bridgehead atoms. The number of nitrogens with one attached hydrogen (secondary N) is 2. The average molecular weight is 511 g/mol. The number of nitrogens with zero attached hydrogens (tertiary/aromatic N) is 2. The minimum Gasteiger partial charge on any atom is -0.493 e. The Balaban J connectivity index is 1.35. The van der Waals surface area contributed by atoms with Crippen molar-refractivity contribution in [2.45, 2.75) is 37.5 Å². The number of pyridine rings is 1. The molecule has 5 rings (SSSR count). The number of ether oxygens (including phenoxy) is 1. The summed E-state index contributed by atoms with van der Waals surface area (Å²) in [6.07, 6.45) is 5.38. The number of carbonyl (C=O) groups is 3. The highest BCUT2D eigenvalue weighted by Gasteiger charge is 2.61. The number of aliphatic carboxylic acids is 1. The van der Waals surface area contributed by atoms with E-state index < -0.39 is 11.4 Å². The molecule has 3 N–H and O–H groups in total. The number of carbonyl (C=O) groups excluding carboxylic acids is 2. The maximum absolute atomic E-state index is 13.4. The predicted octanol–water partition coefficient (Wildman–Crippen LogP) is 4.29. The van der Waals surface area contributed by atoms with Gasteiger partial charge in [0.05, 0.1) is 30.1 Å². The monoisotopic (exact) mass is 510 g/mol. The summed E-state index contributed by atoms with van der Waals surface area (Å²) in [5, 5.41) is 24.1. The van der Waals surface area contributed by atoms with Gasteiger partial charge in [-0.2, -0.15) is 5.26 Å². The van der Waals surface area contributed by atoms with Crippen LogP contribution in [0.3, 0.4) is 0 Å². The third-order valence-electron chi connectivity index (χ3n) is 7.23. The minimum absolute atomic E-state index is 0.0204. The van der Waals surface area contributed by atoms with Crippen molar-refractivity contribution in [1.29, 1.82) is 5.26 Å². The maximum atomic E-state index is 13.4. The summed E-state index contributed by atoms with van der Waals surface area (Å²) in [6.45, 7) is 0.475. The molecule has 2 atom stereocenters. The maximum Gasteiger partial charge on any atom is 0.303 e. The Hall–Kier alpha value is -4.71. The largest absolute Gasteiger partial charge is 0.493 e. The van der Waals surface area contributed by atoms with Gasteiger partial charge in [-0.15, -0.1) is 0 Å². The van der Waals surface area contributed by atoms with E-state index in [2.05, 4.69) is 21.7 Å². The number of benzene rings is 2. The Bertz CT molecular complexity index is 1450. The summed E-state index contributed by atoms with van der Waals surface area (Å²) in [5.74, 6) is -0.972.